The predicted molar refractivity (Wildman–Crippen MR) is 61.0 cm³/mol. The van der Waals surface area contributed by atoms with Crippen LogP contribution in [0.15, 0.2) is 0 Å². The second-order valence-electron chi connectivity index (χ2n) is 5.06. The maximum absolute atomic E-state index is 11.3. The third-order valence-electron chi connectivity index (χ3n) is 3.38. The number of Topliss-reactive ketones (excluding diaryl/α,β-unsaturated/α-hetero) is 1. The first-order valence-electron chi connectivity index (χ1n) is 6.15. The van der Waals surface area contributed by atoms with Crippen LogP contribution < -0.4 is 5.32 Å². The summed E-state index contributed by atoms with van der Waals surface area (Å²) in [5.74, 6) is 0.386. The largest absolute Gasteiger partial charge is 0.355 e. The van der Waals surface area contributed by atoms with Crippen molar-refractivity contribution in [3.63, 3.8) is 0 Å². The summed E-state index contributed by atoms with van der Waals surface area (Å²) in [6.45, 7) is 4.47. The molecule has 1 N–H and O–H groups in total. The van der Waals surface area contributed by atoms with Gasteiger partial charge in [0.1, 0.15) is 5.78 Å². The summed E-state index contributed by atoms with van der Waals surface area (Å²) in [4.78, 5) is 24.6. The second kappa shape index (κ2) is 4.95. The monoisotopic (exact) mass is 224 g/mol. The number of hydrogen-bond acceptors (Lipinski definition) is 3. The minimum absolute atomic E-state index is 0.0268. The average Bonchev–Trinajstić information content (AvgIpc) is 2.94. The summed E-state index contributed by atoms with van der Waals surface area (Å²) < 4.78 is 0. The number of rotatable bonds is 5. The topological polar surface area (TPSA) is 49.4 Å². The Kier molecular flexibility index (Phi) is 3.59. The van der Waals surface area contributed by atoms with Crippen molar-refractivity contribution >= 4 is 11.7 Å². The fraction of sp³-hybridized carbons (Fsp3) is 0.833. The van der Waals surface area contributed by atoms with Gasteiger partial charge in [0.15, 0.2) is 0 Å². The number of hydrogen-bond donors (Lipinski definition) is 1. The SMILES string of the molecule is CC(=O)CC(=O)NCC1CCN(C2CC2)C1. The maximum atomic E-state index is 11.3. The van der Waals surface area contributed by atoms with Crippen LogP contribution >= 0.6 is 0 Å². The van der Waals surface area contributed by atoms with Crippen LogP contribution in [0, 0.1) is 5.92 Å². The van der Waals surface area contributed by atoms with Gasteiger partial charge >= 0.3 is 0 Å². The second-order valence-corrected chi connectivity index (χ2v) is 5.06. The lowest BCUT2D eigenvalue weighted by Gasteiger charge is -2.14. The molecule has 0 aromatic heterocycles. The molecule has 90 valence electrons. The predicted octanol–water partition coefficient (Wildman–Crippen LogP) is 0.566. The Bertz CT molecular complexity index is 287. The minimum Gasteiger partial charge on any atom is -0.355 e. The molecule has 1 amide bonds. The molecule has 4 heteroatoms. The molecule has 1 saturated heterocycles. The van der Waals surface area contributed by atoms with Crippen LogP contribution in [0.4, 0.5) is 0 Å². The van der Waals surface area contributed by atoms with Gasteiger partial charge in [-0.2, -0.15) is 0 Å². The molecule has 1 aliphatic heterocycles. The number of nitrogens with zero attached hydrogens (tertiary/aromatic N) is 1. The number of likely N-dealkylation sites (tertiary alicyclic amines) is 1. The van der Waals surface area contributed by atoms with Crippen LogP contribution in [-0.2, 0) is 9.59 Å². The lowest BCUT2D eigenvalue weighted by Crippen LogP contribution is -2.32. The molecule has 0 radical (unpaired) electrons. The van der Waals surface area contributed by atoms with Crippen molar-refractivity contribution in [3.05, 3.63) is 0 Å². The lowest BCUT2D eigenvalue weighted by atomic mass is 10.1. The standard InChI is InChI=1S/C12H20N2O2/c1-9(15)6-12(16)13-7-10-4-5-14(8-10)11-2-3-11/h10-11H,2-8H2,1H3,(H,13,16). The van der Waals surface area contributed by atoms with Crippen LogP contribution in [0.1, 0.15) is 32.6 Å². The number of amides is 1. The third-order valence-corrected chi connectivity index (χ3v) is 3.38. The number of ketones is 1. The Morgan fingerprint density at radius 1 is 1.31 bits per heavy atom. The van der Waals surface area contributed by atoms with Crippen LogP contribution in [0.3, 0.4) is 0 Å². The highest BCUT2D eigenvalue weighted by Crippen LogP contribution is 2.31. The van der Waals surface area contributed by atoms with E-state index in [-0.39, 0.29) is 18.1 Å². The van der Waals surface area contributed by atoms with Crippen molar-refractivity contribution < 1.29 is 9.59 Å². The van der Waals surface area contributed by atoms with Crippen LogP contribution in [-0.4, -0.2) is 42.3 Å². The highest BCUT2D eigenvalue weighted by Gasteiger charge is 2.34. The van der Waals surface area contributed by atoms with Crippen molar-refractivity contribution in [2.45, 2.75) is 38.6 Å². The van der Waals surface area contributed by atoms with E-state index in [1.165, 1.54) is 32.7 Å². The Labute approximate surface area is 96.4 Å². The number of carbonyl (C=O) groups excluding carboxylic acids is 2. The summed E-state index contributed by atoms with van der Waals surface area (Å²) in [5, 5.41) is 2.85. The van der Waals surface area contributed by atoms with Gasteiger partial charge in [0.05, 0.1) is 6.42 Å². The molecule has 1 atom stereocenters. The van der Waals surface area contributed by atoms with E-state index in [2.05, 4.69) is 10.2 Å². The molecular formula is C12H20N2O2. The Morgan fingerprint density at radius 2 is 2.06 bits per heavy atom. The molecule has 0 spiro atoms. The fourth-order valence-corrected chi connectivity index (χ4v) is 2.35. The van der Waals surface area contributed by atoms with Crippen LogP contribution in [0.2, 0.25) is 0 Å². The van der Waals surface area contributed by atoms with Crippen molar-refractivity contribution in [2.75, 3.05) is 19.6 Å². The smallest absolute Gasteiger partial charge is 0.227 e. The Morgan fingerprint density at radius 3 is 2.69 bits per heavy atom. The van der Waals surface area contributed by atoms with Gasteiger partial charge in [-0.25, -0.2) is 0 Å². The zero-order chi connectivity index (χ0) is 11.5. The van der Waals surface area contributed by atoms with E-state index >= 15 is 0 Å². The summed E-state index contributed by atoms with van der Waals surface area (Å²) >= 11 is 0. The maximum Gasteiger partial charge on any atom is 0.227 e. The summed E-state index contributed by atoms with van der Waals surface area (Å²) in [7, 11) is 0. The highest BCUT2D eigenvalue weighted by atomic mass is 16.2. The van der Waals surface area contributed by atoms with E-state index in [1.807, 2.05) is 0 Å². The molecule has 2 aliphatic rings. The summed E-state index contributed by atoms with van der Waals surface area (Å²) in [5.41, 5.74) is 0. The van der Waals surface area contributed by atoms with Gasteiger partial charge in [-0.1, -0.05) is 0 Å². The molecule has 0 aromatic carbocycles. The van der Waals surface area contributed by atoms with Crippen molar-refractivity contribution in [1.82, 2.24) is 10.2 Å². The number of nitrogens with one attached hydrogen (secondary N) is 1. The minimum atomic E-state index is -0.127. The van der Waals surface area contributed by atoms with E-state index < -0.39 is 0 Å². The van der Waals surface area contributed by atoms with Gasteiger partial charge in [0.2, 0.25) is 5.91 Å². The summed E-state index contributed by atoms with van der Waals surface area (Å²) in [6.07, 6.45) is 3.91. The van der Waals surface area contributed by atoms with E-state index in [4.69, 9.17) is 0 Å². The van der Waals surface area contributed by atoms with Gasteiger partial charge in [-0.05, 0) is 38.6 Å². The van der Waals surface area contributed by atoms with E-state index in [1.54, 1.807) is 0 Å². The first kappa shape index (κ1) is 11.6. The van der Waals surface area contributed by atoms with Crippen molar-refractivity contribution in [3.8, 4) is 0 Å². The quantitative estimate of drug-likeness (QED) is 0.694. The Balaban J connectivity index is 1.63. The van der Waals surface area contributed by atoms with Gasteiger partial charge in [0.25, 0.3) is 0 Å². The van der Waals surface area contributed by atoms with Gasteiger partial charge in [-0.3, -0.25) is 9.59 Å². The van der Waals surface area contributed by atoms with Gasteiger partial charge in [0, 0.05) is 19.1 Å². The zero-order valence-corrected chi connectivity index (χ0v) is 9.87. The molecule has 0 bridgehead atoms. The highest BCUT2D eigenvalue weighted by molar-refractivity contribution is 5.96. The first-order chi connectivity index (χ1) is 7.65. The summed E-state index contributed by atoms with van der Waals surface area (Å²) in [6, 6.07) is 0.831. The molecule has 1 heterocycles. The van der Waals surface area contributed by atoms with Crippen molar-refractivity contribution in [1.29, 1.82) is 0 Å². The molecular weight excluding hydrogens is 204 g/mol. The zero-order valence-electron chi connectivity index (χ0n) is 9.87. The van der Waals surface area contributed by atoms with E-state index in [0.29, 0.717) is 5.92 Å². The molecule has 16 heavy (non-hydrogen) atoms. The van der Waals surface area contributed by atoms with Gasteiger partial charge in [-0.15, -0.1) is 0 Å². The average molecular weight is 224 g/mol. The molecule has 1 aliphatic carbocycles. The molecule has 2 rings (SSSR count). The van der Waals surface area contributed by atoms with Crippen molar-refractivity contribution in [2.24, 2.45) is 5.92 Å². The molecule has 2 fully saturated rings. The molecule has 1 unspecified atom stereocenters. The third kappa shape index (κ3) is 3.30. The molecule has 0 aromatic rings. The molecule has 1 saturated carbocycles. The normalized spacial score (nSPS) is 25.7. The Hall–Kier alpha value is -0.900. The van der Waals surface area contributed by atoms with Gasteiger partial charge < -0.3 is 10.2 Å². The number of carbonyl (C=O) groups is 2. The van der Waals surface area contributed by atoms with E-state index in [9.17, 15) is 9.59 Å². The first-order valence-corrected chi connectivity index (χ1v) is 6.15. The van der Waals surface area contributed by atoms with Crippen LogP contribution in [0.5, 0.6) is 0 Å². The fourth-order valence-electron chi connectivity index (χ4n) is 2.35. The lowest BCUT2D eigenvalue weighted by molar-refractivity contribution is -0.127. The van der Waals surface area contributed by atoms with Crippen LogP contribution in [0.25, 0.3) is 0 Å². The van der Waals surface area contributed by atoms with E-state index in [0.717, 1.165) is 19.1 Å². The molecule has 4 nitrogen and oxygen atoms in total.